The molecule has 0 aliphatic carbocycles. The van der Waals surface area contributed by atoms with Gasteiger partial charge in [0, 0.05) is 21.8 Å². The number of benzene rings is 2. The topological polar surface area (TPSA) is 58.9 Å². The minimum atomic E-state index is -0.447. The summed E-state index contributed by atoms with van der Waals surface area (Å²) in [4.78, 5) is 13.6. The number of nitro groups is 1. The van der Waals surface area contributed by atoms with E-state index >= 15 is 0 Å². The maximum atomic E-state index is 13.9. The number of fused-ring (bicyclic) bond motifs is 1. The number of hydrogen-bond donors (Lipinski definition) is 1. The molecule has 20 heavy (non-hydrogen) atoms. The zero-order valence-electron chi connectivity index (χ0n) is 10.1. The molecule has 4 nitrogen and oxygen atoms in total. The molecule has 0 atom stereocenters. The Bertz CT molecular complexity index is 829. The van der Waals surface area contributed by atoms with Gasteiger partial charge in [0.25, 0.3) is 5.69 Å². The third-order valence-electron chi connectivity index (χ3n) is 3.06. The van der Waals surface area contributed by atoms with Crippen LogP contribution in [0.2, 0.25) is 0 Å². The molecule has 1 N–H and O–H groups in total. The number of halogens is 2. The van der Waals surface area contributed by atoms with Crippen LogP contribution in [0.4, 0.5) is 10.1 Å². The zero-order valence-corrected chi connectivity index (χ0v) is 11.6. The van der Waals surface area contributed by atoms with Gasteiger partial charge in [0.2, 0.25) is 0 Å². The second kappa shape index (κ2) is 4.72. The first-order valence-corrected chi connectivity index (χ1v) is 6.57. The highest BCUT2D eigenvalue weighted by atomic mass is 79.9. The molecule has 0 unspecified atom stereocenters. The Morgan fingerprint density at radius 1 is 1.20 bits per heavy atom. The Balaban J connectivity index is 2.26. The van der Waals surface area contributed by atoms with Crippen molar-refractivity contribution in [2.24, 2.45) is 0 Å². The van der Waals surface area contributed by atoms with Crippen LogP contribution < -0.4 is 0 Å². The van der Waals surface area contributed by atoms with Crippen LogP contribution in [-0.4, -0.2) is 9.91 Å². The van der Waals surface area contributed by atoms with E-state index in [0.29, 0.717) is 22.2 Å². The third kappa shape index (κ3) is 2.08. The van der Waals surface area contributed by atoms with Gasteiger partial charge in [-0.2, -0.15) is 0 Å². The lowest BCUT2D eigenvalue weighted by atomic mass is 10.1. The van der Waals surface area contributed by atoms with Gasteiger partial charge < -0.3 is 4.98 Å². The molecule has 0 aliphatic heterocycles. The van der Waals surface area contributed by atoms with E-state index < -0.39 is 4.92 Å². The summed E-state index contributed by atoms with van der Waals surface area (Å²) in [5.41, 5.74) is 1.48. The number of aromatic amines is 1. The molecule has 6 heteroatoms. The number of hydrogen-bond acceptors (Lipinski definition) is 2. The van der Waals surface area contributed by atoms with Crippen molar-refractivity contribution in [3.05, 3.63) is 62.9 Å². The number of H-pyrrole nitrogens is 1. The van der Waals surface area contributed by atoms with E-state index in [1.54, 1.807) is 30.3 Å². The largest absolute Gasteiger partial charge is 0.354 e. The summed E-state index contributed by atoms with van der Waals surface area (Å²) >= 11 is 3.29. The normalized spacial score (nSPS) is 10.9. The van der Waals surface area contributed by atoms with E-state index in [4.69, 9.17) is 0 Å². The summed E-state index contributed by atoms with van der Waals surface area (Å²) in [6.07, 6.45) is 0. The fourth-order valence-corrected chi connectivity index (χ4v) is 2.51. The lowest BCUT2D eigenvalue weighted by molar-refractivity contribution is -0.383. The standard InChI is InChI=1S/C14H8BrFN2O2/c15-8-4-5-11(16)9(6-8)13-7-10-12(17-13)2-1-3-14(10)18(19)20/h1-7,17H. The van der Waals surface area contributed by atoms with Crippen LogP contribution in [0.3, 0.4) is 0 Å². The van der Waals surface area contributed by atoms with Crippen LogP contribution in [0.5, 0.6) is 0 Å². The summed E-state index contributed by atoms with van der Waals surface area (Å²) in [5.74, 6) is -0.387. The summed E-state index contributed by atoms with van der Waals surface area (Å²) in [5, 5.41) is 11.5. The second-order valence-electron chi connectivity index (χ2n) is 4.30. The zero-order chi connectivity index (χ0) is 14.3. The quantitative estimate of drug-likeness (QED) is 0.548. The molecule has 0 saturated carbocycles. The number of nitro benzene ring substituents is 1. The van der Waals surface area contributed by atoms with Gasteiger partial charge >= 0.3 is 0 Å². The molecule has 1 heterocycles. The monoisotopic (exact) mass is 334 g/mol. The van der Waals surface area contributed by atoms with Crippen LogP contribution in [0.15, 0.2) is 46.9 Å². The van der Waals surface area contributed by atoms with Gasteiger partial charge in [0.05, 0.1) is 15.8 Å². The average molecular weight is 335 g/mol. The van der Waals surface area contributed by atoms with Gasteiger partial charge in [-0.3, -0.25) is 10.1 Å². The summed E-state index contributed by atoms with van der Waals surface area (Å²) in [6.45, 7) is 0. The fourth-order valence-electron chi connectivity index (χ4n) is 2.15. The Morgan fingerprint density at radius 2 is 2.00 bits per heavy atom. The molecule has 2 aromatic carbocycles. The van der Waals surface area contributed by atoms with Crippen LogP contribution in [-0.2, 0) is 0 Å². The van der Waals surface area contributed by atoms with Crippen LogP contribution in [0, 0.1) is 15.9 Å². The molecule has 1 aromatic heterocycles. The lowest BCUT2D eigenvalue weighted by Crippen LogP contribution is -1.87. The molecule has 0 amide bonds. The summed E-state index contributed by atoms with van der Waals surface area (Å²) in [6, 6.07) is 10.9. The number of non-ortho nitro benzene ring substituents is 1. The molecule has 0 fully saturated rings. The van der Waals surface area contributed by atoms with Gasteiger partial charge in [-0.05, 0) is 30.3 Å². The Kier molecular flexibility index (Phi) is 3.02. The molecule has 0 bridgehead atoms. The minimum Gasteiger partial charge on any atom is -0.354 e. The molecule has 3 rings (SSSR count). The van der Waals surface area contributed by atoms with E-state index in [9.17, 15) is 14.5 Å². The summed E-state index contributed by atoms with van der Waals surface area (Å²) in [7, 11) is 0. The maximum Gasteiger partial charge on any atom is 0.278 e. The lowest BCUT2D eigenvalue weighted by Gasteiger charge is -2.00. The Labute approximate surface area is 121 Å². The van der Waals surface area contributed by atoms with Gasteiger partial charge in [-0.1, -0.05) is 22.0 Å². The molecular weight excluding hydrogens is 327 g/mol. The van der Waals surface area contributed by atoms with Crippen molar-refractivity contribution in [2.45, 2.75) is 0 Å². The first kappa shape index (κ1) is 12.8. The molecule has 0 spiro atoms. The minimum absolute atomic E-state index is 0.000375. The van der Waals surface area contributed by atoms with Crippen LogP contribution in [0.25, 0.3) is 22.2 Å². The molecular formula is C14H8BrFN2O2. The van der Waals surface area contributed by atoms with Gasteiger partial charge in [0.1, 0.15) is 5.82 Å². The van der Waals surface area contributed by atoms with Gasteiger partial charge in [-0.15, -0.1) is 0 Å². The van der Waals surface area contributed by atoms with E-state index in [-0.39, 0.29) is 11.5 Å². The predicted molar refractivity (Wildman–Crippen MR) is 78.0 cm³/mol. The molecule has 0 saturated heterocycles. The van der Waals surface area contributed by atoms with E-state index in [1.807, 2.05) is 0 Å². The van der Waals surface area contributed by atoms with Crippen molar-refractivity contribution in [1.29, 1.82) is 0 Å². The average Bonchev–Trinajstić information content (AvgIpc) is 2.84. The summed E-state index contributed by atoms with van der Waals surface area (Å²) < 4.78 is 14.6. The number of nitrogens with zero attached hydrogens (tertiary/aromatic N) is 1. The van der Waals surface area contributed by atoms with E-state index in [1.165, 1.54) is 12.1 Å². The maximum absolute atomic E-state index is 13.9. The van der Waals surface area contributed by atoms with Crippen molar-refractivity contribution in [3.63, 3.8) is 0 Å². The highest BCUT2D eigenvalue weighted by Gasteiger charge is 2.15. The second-order valence-corrected chi connectivity index (χ2v) is 5.22. The Hall–Kier alpha value is -2.21. The van der Waals surface area contributed by atoms with Crippen LogP contribution >= 0.6 is 15.9 Å². The first-order valence-electron chi connectivity index (χ1n) is 5.78. The van der Waals surface area contributed by atoms with Gasteiger partial charge in [0.15, 0.2) is 0 Å². The smallest absolute Gasteiger partial charge is 0.278 e. The van der Waals surface area contributed by atoms with Crippen molar-refractivity contribution in [2.75, 3.05) is 0 Å². The Morgan fingerprint density at radius 3 is 2.75 bits per heavy atom. The predicted octanol–water partition coefficient (Wildman–Crippen LogP) is 4.64. The highest BCUT2D eigenvalue weighted by Crippen LogP contribution is 2.32. The van der Waals surface area contributed by atoms with E-state index in [2.05, 4.69) is 20.9 Å². The van der Waals surface area contributed by atoms with Crippen molar-refractivity contribution >= 4 is 32.5 Å². The molecule has 0 radical (unpaired) electrons. The van der Waals surface area contributed by atoms with Crippen molar-refractivity contribution in [3.8, 4) is 11.3 Å². The SMILES string of the molecule is O=[N+]([O-])c1cccc2[nH]c(-c3cc(Br)ccc3F)cc12. The molecule has 0 aliphatic rings. The fraction of sp³-hybridized carbons (Fsp3) is 0. The van der Waals surface area contributed by atoms with Crippen molar-refractivity contribution < 1.29 is 9.31 Å². The number of nitrogens with one attached hydrogen (secondary N) is 1. The van der Waals surface area contributed by atoms with Crippen LogP contribution in [0.1, 0.15) is 0 Å². The molecule has 3 aromatic rings. The molecule has 100 valence electrons. The van der Waals surface area contributed by atoms with Crippen molar-refractivity contribution in [1.82, 2.24) is 4.98 Å². The number of rotatable bonds is 2. The number of aromatic nitrogens is 1. The van der Waals surface area contributed by atoms with E-state index in [0.717, 1.165) is 4.47 Å². The third-order valence-corrected chi connectivity index (χ3v) is 3.55. The first-order chi connectivity index (χ1) is 9.56. The highest BCUT2D eigenvalue weighted by molar-refractivity contribution is 9.10. The van der Waals surface area contributed by atoms with Gasteiger partial charge in [-0.25, -0.2) is 4.39 Å².